The first kappa shape index (κ1) is 21.8. The van der Waals surface area contributed by atoms with Gasteiger partial charge in [0.2, 0.25) is 17.7 Å². The predicted molar refractivity (Wildman–Crippen MR) is 88.9 cm³/mol. The van der Waals surface area contributed by atoms with Gasteiger partial charge in [-0.05, 0) is 33.2 Å². The maximum Gasteiger partial charge on any atom is 0.325 e. The standard InChI is InChI=1S/C15H26N4O7/c1-7(15(25)26)17-14(24)11(8(2)21)19-13(23)10(6-20)18-12(22)9-4-3-5-16-9/h7-11,16,20-21H,3-6H2,1-2H3,(H,17,24)(H,18,22)(H,19,23)(H,25,26)/t7-,8+,9-,10-,11-/m0/s1. The largest absolute Gasteiger partial charge is 0.480 e. The molecule has 3 amide bonds. The highest BCUT2D eigenvalue weighted by atomic mass is 16.4. The summed E-state index contributed by atoms with van der Waals surface area (Å²) < 4.78 is 0. The average molecular weight is 374 g/mol. The number of aliphatic hydroxyl groups excluding tert-OH is 2. The molecule has 1 rings (SSSR count). The number of aliphatic hydroxyl groups is 2. The van der Waals surface area contributed by atoms with Crippen molar-refractivity contribution in [2.75, 3.05) is 13.2 Å². The Morgan fingerprint density at radius 2 is 1.77 bits per heavy atom. The second kappa shape index (κ2) is 10.0. The van der Waals surface area contributed by atoms with E-state index >= 15 is 0 Å². The van der Waals surface area contributed by atoms with Crippen molar-refractivity contribution in [2.24, 2.45) is 0 Å². The fourth-order valence-electron chi connectivity index (χ4n) is 2.40. The Balaban J connectivity index is 2.69. The molecule has 0 aliphatic carbocycles. The second-order valence-corrected chi connectivity index (χ2v) is 6.19. The Hall–Kier alpha value is -2.24. The first-order chi connectivity index (χ1) is 12.2. The van der Waals surface area contributed by atoms with Crippen LogP contribution >= 0.6 is 0 Å². The van der Waals surface area contributed by atoms with Crippen LogP contribution in [0.25, 0.3) is 0 Å². The molecular weight excluding hydrogens is 348 g/mol. The minimum atomic E-state index is -1.44. The van der Waals surface area contributed by atoms with E-state index in [1.54, 1.807) is 0 Å². The van der Waals surface area contributed by atoms with E-state index in [4.69, 9.17) is 5.11 Å². The summed E-state index contributed by atoms with van der Waals surface area (Å²) in [7, 11) is 0. The van der Waals surface area contributed by atoms with E-state index in [2.05, 4.69) is 21.3 Å². The smallest absolute Gasteiger partial charge is 0.325 e. The van der Waals surface area contributed by atoms with Gasteiger partial charge in [-0.25, -0.2) is 0 Å². The molecular formula is C15H26N4O7. The molecule has 1 fully saturated rings. The van der Waals surface area contributed by atoms with Gasteiger partial charge in [0.05, 0.1) is 18.8 Å². The van der Waals surface area contributed by atoms with E-state index in [1.807, 2.05) is 0 Å². The van der Waals surface area contributed by atoms with Crippen molar-refractivity contribution in [3.63, 3.8) is 0 Å². The molecule has 11 heteroatoms. The van der Waals surface area contributed by atoms with E-state index < -0.39 is 60.6 Å². The number of carbonyl (C=O) groups is 4. The summed E-state index contributed by atoms with van der Waals surface area (Å²) in [5.41, 5.74) is 0. The molecule has 148 valence electrons. The van der Waals surface area contributed by atoms with Crippen LogP contribution in [0, 0.1) is 0 Å². The molecule has 26 heavy (non-hydrogen) atoms. The molecule has 0 unspecified atom stereocenters. The van der Waals surface area contributed by atoms with Crippen molar-refractivity contribution in [3.05, 3.63) is 0 Å². The Bertz CT molecular complexity index is 534. The van der Waals surface area contributed by atoms with Crippen molar-refractivity contribution in [2.45, 2.75) is 57.0 Å². The minimum absolute atomic E-state index is 0.450. The number of hydrogen-bond acceptors (Lipinski definition) is 7. The van der Waals surface area contributed by atoms with Crippen LogP contribution in [-0.4, -0.2) is 82.4 Å². The molecule has 0 aromatic heterocycles. The van der Waals surface area contributed by atoms with E-state index in [9.17, 15) is 29.4 Å². The van der Waals surface area contributed by atoms with E-state index in [1.165, 1.54) is 13.8 Å². The SMILES string of the molecule is C[C@H](NC(=O)[C@@H](NC(=O)[C@H](CO)NC(=O)[C@@H]1CCCN1)[C@@H](C)O)C(=O)O. The number of carboxylic acid groups (broad SMARTS) is 1. The van der Waals surface area contributed by atoms with E-state index in [0.717, 1.165) is 6.42 Å². The third-order valence-corrected chi connectivity index (χ3v) is 3.98. The number of rotatable bonds is 9. The summed E-state index contributed by atoms with van der Waals surface area (Å²) in [6.07, 6.45) is 0.101. The fourth-order valence-corrected chi connectivity index (χ4v) is 2.40. The number of carbonyl (C=O) groups excluding carboxylic acids is 3. The number of carboxylic acids is 1. The summed E-state index contributed by atoms with van der Waals surface area (Å²) in [6, 6.07) is -4.43. The normalized spacial score (nSPS) is 21.2. The molecule has 0 radical (unpaired) electrons. The first-order valence-electron chi connectivity index (χ1n) is 8.33. The van der Waals surface area contributed by atoms with Gasteiger partial charge in [-0.15, -0.1) is 0 Å². The lowest BCUT2D eigenvalue weighted by Gasteiger charge is -2.25. The Morgan fingerprint density at radius 1 is 1.12 bits per heavy atom. The molecule has 0 spiro atoms. The molecule has 5 atom stereocenters. The molecule has 7 N–H and O–H groups in total. The lowest BCUT2D eigenvalue weighted by atomic mass is 10.1. The molecule has 1 saturated heterocycles. The maximum absolute atomic E-state index is 12.2. The molecule has 11 nitrogen and oxygen atoms in total. The van der Waals surface area contributed by atoms with E-state index in [-0.39, 0.29) is 0 Å². The van der Waals surface area contributed by atoms with Crippen LogP contribution in [-0.2, 0) is 19.2 Å². The zero-order chi connectivity index (χ0) is 19.9. The third kappa shape index (κ3) is 6.24. The number of amides is 3. The van der Waals surface area contributed by atoms with Crippen LogP contribution < -0.4 is 21.3 Å². The van der Waals surface area contributed by atoms with Gasteiger partial charge in [0.1, 0.15) is 18.1 Å². The number of aliphatic carboxylic acids is 1. The summed E-state index contributed by atoms with van der Waals surface area (Å²) in [4.78, 5) is 47.2. The van der Waals surface area contributed by atoms with Gasteiger partial charge < -0.3 is 36.6 Å². The number of hydrogen-bond donors (Lipinski definition) is 7. The highest BCUT2D eigenvalue weighted by molar-refractivity contribution is 5.94. The quantitative estimate of drug-likeness (QED) is 0.219. The average Bonchev–Trinajstić information content (AvgIpc) is 3.11. The molecule has 0 aromatic carbocycles. The Labute approximate surface area is 150 Å². The topological polar surface area (TPSA) is 177 Å². The maximum atomic E-state index is 12.2. The zero-order valence-corrected chi connectivity index (χ0v) is 14.7. The van der Waals surface area contributed by atoms with Gasteiger partial charge in [-0.3, -0.25) is 19.2 Å². The summed E-state index contributed by atoms with van der Waals surface area (Å²) in [5, 5.41) is 37.6. The third-order valence-electron chi connectivity index (χ3n) is 3.98. The molecule has 1 aliphatic rings. The Kier molecular flexibility index (Phi) is 8.42. The molecule has 1 aliphatic heterocycles. The zero-order valence-electron chi connectivity index (χ0n) is 14.7. The fraction of sp³-hybridized carbons (Fsp3) is 0.733. The highest BCUT2D eigenvalue weighted by Crippen LogP contribution is 2.05. The van der Waals surface area contributed by atoms with Crippen molar-refractivity contribution < 1.29 is 34.5 Å². The summed E-state index contributed by atoms with van der Waals surface area (Å²) in [6.45, 7) is 2.45. The van der Waals surface area contributed by atoms with E-state index in [0.29, 0.717) is 13.0 Å². The highest BCUT2D eigenvalue weighted by Gasteiger charge is 2.32. The summed E-state index contributed by atoms with van der Waals surface area (Å²) >= 11 is 0. The van der Waals surface area contributed by atoms with Gasteiger partial charge in [0.15, 0.2) is 0 Å². The van der Waals surface area contributed by atoms with Crippen LogP contribution in [0.4, 0.5) is 0 Å². The number of nitrogens with one attached hydrogen (secondary N) is 4. The first-order valence-corrected chi connectivity index (χ1v) is 8.33. The van der Waals surface area contributed by atoms with Crippen molar-refractivity contribution >= 4 is 23.7 Å². The van der Waals surface area contributed by atoms with Crippen LogP contribution in [0.1, 0.15) is 26.7 Å². The predicted octanol–water partition coefficient (Wildman–Crippen LogP) is -3.33. The molecule has 0 aromatic rings. The van der Waals surface area contributed by atoms with Crippen molar-refractivity contribution in [1.82, 2.24) is 21.3 Å². The molecule has 0 saturated carbocycles. The molecule has 0 bridgehead atoms. The lowest BCUT2D eigenvalue weighted by molar-refractivity contribution is -0.142. The van der Waals surface area contributed by atoms with Crippen LogP contribution in [0.5, 0.6) is 0 Å². The monoisotopic (exact) mass is 374 g/mol. The van der Waals surface area contributed by atoms with Gasteiger partial charge in [-0.1, -0.05) is 0 Å². The summed E-state index contributed by atoms with van der Waals surface area (Å²) in [5.74, 6) is -3.50. The molecule has 1 heterocycles. The van der Waals surface area contributed by atoms with Gasteiger partial charge in [0.25, 0.3) is 0 Å². The van der Waals surface area contributed by atoms with Crippen LogP contribution in [0.15, 0.2) is 0 Å². The van der Waals surface area contributed by atoms with Gasteiger partial charge in [0, 0.05) is 0 Å². The van der Waals surface area contributed by atoms with Gasteiger partial charge >= 0.3 is 5.97 Å². The Morgan fingerprint density at radius 3 is 2.23 bits per heavy atom. The van der Waals surface area contributed by atoms with Crippen LogP contribution in [0.3, 0.4) is 0 Å². The second-order valence-electron chi connectivity index (χ2n) is 6.19. The lowest BCUT2D eigenvalue weighted by Crippen LogP contribution is -2.60. The minimum Gasteiger partial charge on any atom is -0.480 e. The van der Waals surface area contributed by atoms with Crippen LogP contribution in [0.2, 0.25) is 0 Å². The van der Waals surface area contributed by atoms with Crippen molar-refractivity contribution in [1.29, 1.82) is 0 Å². The van der Waals surface area contributed by atoms with Gasteiger partial charge in [-0.2, -0.15) is 0 Å². The van der Waals surface area contributed by atoms with Crippen molar-refractivity contribution in [3.8, 4) is 0 Å².